The molecule has 0 saturated heterocycles. The molecule has 6 heteroatoms. The Hall–Kier alpha value is -1.30. The molecule has 0 bridgehead atoms. The van der Waals surface area contributed by atoms with Crippen LogP contribution in [-0.4, -0.2) is 12.6 Å². The monoisotopic (exact) mass is 322 g/mol. The van der Waals surface area contributed by atoms with Crippen LogP contribution >= 0.6 is 15.9 Å². The summed E-state index contributed by atoms with van der Waals surface area (Å²) in [6.45, 7) is 1.91. The lowest BCUT2D eigenvalue weighted by Gasteiger charge is -2.08. The van der Waals surface area contributed by atoms with Crippen molar-refractivity contribution in [1.82, 2.24) is 0 Å². The highest BCUT2D eigenvalue weighted by atomic mass is 79.9. The molecule has 0 radical (unpaired) electrons. The lowest BCUT2D eigenvalue weighted by atomic mass is 10.1. The second kappa shape index (κ2) is 6.04. The van der Waals surface area contributed by atoms with Gasteiger partial charge in [-0.15, -0.1) is 0 Å². The molecule has 0 unspecified atom stereocenters. The van der Waals surface area contributed by atoms with Crippen LogP contribution in [0.2, 0.25) is 0 Å². The molecule has 1 aromatic rings. The maximum Gasteiger partial charge on any atom is 0.416 e. The summed E-state index contributed by atoms with van der Waals surface area (Å²) in [7, 11) is 0. The van der Waals surface area contributed by atoms with E-state index >= 15 is 0 Å². The Bertz CT molecular complexity index is 467. The van der Waals surface area contributed by atoms with Crippen LogP contribution < -0.4 is 0 Å². The van der Waals surface area contributed by atoms with Crippen molar-refractivity contribution in [2.24, 2.45) is 0 Å². The third-order valence-electron chi connectivity index (χ3n) is 2.01. The highest BCUT2D eigenvalue weighted by molar-refractivity contribution is 9.10. The van der Waals surface area contributed by atoms with Crippen molar-refractivity contribution in [2.45, 2.75) is 13.1 Å². The van der Waals surface area contributed by atoms with E-state index in [1.54, 1.807) is 6.92 Å². The highest BCUT2D eigenvalue weighted by Gasteiger charge is 2.30. The van der Waals surface area contributed by atoms with E-state index in [1.807, 2.05) is 0 Å². The van der Waals surface area contributed by atoms with Gasteiger partial charge in [0.25, 0.3) is 0 Å². The smallest absolute Gasteiger partial charge is 0.416 e. The van der Waals surface area contributed by atoms with Gasteiger partial charge in [-0.2, -0.15) is 13.2 Å². The number of hydrogen-bond donors (Lipinski definition) is 0. The summed E-state index contributed by atoms with van der Waals surface area (Å²) >= 11 is 3.03. The largest absolute Gasteiger partial charge is 0.463 e. The summed E-state index contributed by atoms with van der Waals surface area (Å²) in [5.41, 5.74) is -0.279. The van der Waals surface area contributed by atoms with Crippen molar-refractivity contribution < 1.29 is 22.7 Å². The van der Waals surface area contributed by atoms with Gasteiger partial charge in [0, 0.05) is 10.5 Å². The third-order valence-corrected chi connectivity index (χ3v) is 2.70. The van der Waals surface area contributed by atoms with Crippen LogP contribution in [-0.2, 0) is 15.7 Å². The summed E-state index contributed by atoms with van der Waals surface area (Å²) in [6, 6.07) is 3.20. The summed E-state index contributed by atoms with van der Waals surface area (Å²) in [5.74, 6) is -0.538. The molecule has 2 nitrogen and oxygen atoms in total. The van der Waals surface area contributed by atoms with E-state index in [0.29, 0.717) is 5.56 Å². The summed E-state index contributed by atoms with van der Waals surface area (Å²) in [4.78, 5) is 11.0. The number of rotatable bonds is 3. The molecule has 0 N–H and O–H groups in total. The van der Waals surface area contributed by atoms with Gasteiger partial charge in [0.1, 0.15) is 0 Å². The molecule has 0 amide bonds. The van der Waals surface area contributed by atoms with Gasteiger partial charge in [-0.25, -0.2) is 4.79 Å². The topological polar surface area (TPSA) is 26.3 Å². The van der Waals surface area contributed by atoms with Gasteiger partial charge in [-0.1, -0.05) is 22.0 Å². The summed E-state index contributed by atoms with van der Waals surface area (Å²) in [6.07, 6.45) is -1.83. The van der Waals surface area contributed by atoms with Gasteiger partial charge >= 0.3 is 12.1 Å². The zero-order chi connectivity index (χ0) is 13.8. The van der Waals surface area contributed by atoms with Crippen LogP contribution in [0.4, 0.5) is 13.2 Å². The second-order valence-corrected chi connectivity index (χ2v) is 4.17. The molecule has 0 aliphatic rings. The highest BCUT2D eigenvalue weighted by Crippen LogP contribution is 2.32. The Morgan fingerprint density at radius 3 is 2.61 bits per heavy atom. The average molecular weight is 323 g/mol. The minimum absolute atomic E-state index is 0.247. The van der Waals surface area contributed by atoms with Crippen LogP contribution in [0.25, 0.3) is 6.08 Å². The third kappa shape index (κ3) is 4.18. The lowest BCUT2D eigenvalue weighted by molar-refractivity contribution is -0.138. The SMILES string of the molecule is CCOC(=O)C=Cc1ccc(C(F)(F)F)cc1Br. The molecule has 0 aliphatic heterocycles. The average Bonchev–Trinajstić information content (AvgIpc) is 2.26. The fourth-order valence-corrected chi connectivity index (χ4v) is 1.70. The number of hydrogen-bond acceptors (Lipinski definition) is 2. The molecule has 1 aromatic carbocycles. The number of halogens is 4. The molecule has 1 rings (SSSR count). The maximum atomic E-state index is 12.4. The maximum absolute atomic E-state index is 12.4. The van der Waals surface area contributed by atoms with E-state index in [1.165, 1.54) is 12.1 Å². The number of ether oxygens (including phenoxy) is 1. The van der Waals surface area contributed by atoms with Gasteiger partial charge in [0.15, 0.2) is 0 Å². The Kier molecular flexibility index (Phi) is 4.95. The molecule has 18 heavy (non-hydrogen) atoms. The number of carbonyl (C=O) groups excluding carboxylic acids is 1. The van der Waals surface area contributed by atoms with E-state index in [0.717, 1.165) is 18.2 Å². The van der Waals surface area contributed by atoms with Gasteiger partial charge < -0.3 is 4.74 Å². The van der Waals surface area contributed by atoms with Crippen molar-refractivity contribution in [1.29, 1.82) is 0 Å². The first-order chi connectivity index (χ1) is 8.34. The summed E-state index contributed by atoms with van der Waals surface area (Å²) in [5, 5.41) is 0. The molecule has 0 saturated carbocycles. The lowest BCUT2D eigenvalue weighted by Crippen LogP contribution is -2.04. The molecule has 0 aromatic heterocycles. The predicted molar refractivity (Wildman–Crippen MR) is 64.8 cm³/mol. The molecule has 0 atom stereocenters. The molecule has 0 aliphatic carbocycles. The van der Waals surface area contributed by atoms with Gasteiger partial charge in [0.2, 0.25) is 0 Å². The minimum Gasteiger partial charge on any atom is -0.463 e. The Morgan fingerprint density at radius 1 is 1.44 bits per heavy atom. The van der Waals surface area contributed by atoms with Crippen molar-refractivity contribution in [3.8, 4) is 0 Å². The van der Waals surface area contributed by atoms with Crippen molar-refractivity contribution in [3.63, 3.8) is 0 Å². The standard InChI is InChI=1S/C12H10BrF3O2/c1-2-18-11(17)6-4-8-3-5-9(7-10(8)13)12(14,15)16/h3-7H,2H2,1H3. The van der Waals surface area contributed by atoms with E-state index in [-0.39, 0.29) is 11.1 Å². The van der Waals surface area contributed by atoms with E-state index in [4.69, 9.17) is 0 Å². The molecule has 0 fully saturated rings. The normalized spacial score (nSPS) is 11.8. The number of benzene rings is 1. The first-order valence-electron chi connectivity index (χ1n) is 5.06. The number of carbonyl (C=O) groups is 1. The van der Waals surface area contributed by atoms with Crippen molar-refractivity contribution in [2.75, 3.05) is 6.61 Å². The number of esters is 1. The van der Waals surface area contributed by atoms with Crippen LogP contribution in [0.15, 0.2) is 28.7 Å². The molecular weight excluding hydrogens is 313 g/mol. The van der Waals surface area contributed by atoms with Crippen molar-refractivity contribution >= 4 is 28.0 Å². The second-order valence-electron chi connectivity index (χ2n) is 3.32. The Morgan fingerprint density at radius 2 is 2.11 bits per heavy atom. The first kappa shape index (κ1) is 14.8. The van der Waals surface area contributed by atoms with Crippen LogP contribution in [0, 0.1) is 0 Å². The van der Waals surface area contributed by atoms with Crippen LogP contribution in [0.3, 0.4) is 0 Å². The van der Waals surface area contributed by atoms with Gasteiger partial charge in [-0.05, 0) is 30.7 Å². The predicted octanol–water partition coefficient (Wildman–Crippen LogP) is 4.04. The van der Waals surface area contributed by atoms with Crippen molar-refractivity contribution in [3.05, 3.63) is 39.9 Å². The Labute approximate surface area is 111 Å². The quantitative estimate of drug-likeness (QED) is 0.620. The van der Waals surface area contributed by atoms with Gasteiger partial charge in [0.05, 0.1) is 12.2 Å². The molecule has 0 heterocycles. The van der Waals surface area contributed by atoms with E-state index in [9.17, 15) is 18.0 Å². The molecule has 98 valence electrons. The Balaban J connectivity index is 2.90. The van der Waals surface area contributed by atoms with E-state index < -0.39 is 17.7 Å². The van der Waals surface area contributed by atoms with Crippen LogP contribution in [0.1, 0.15) is 18.1 Å². The zero-order valence-corrected chi connectivity index (χ0v) is 11.0. The first-order valence-corrected chi connectivity index (χ1v) is 5.85. The molecule has 0 spiro atoms. The molecular formula is C12H10BrF3O2. The summed E-state index contributed by atoms with van der Waals surface area (Å²) < 4.78 is 42.1. The van der Waals surface area contributed by atoms with Gasteiger partial charge in [-0.3, -0.25) is 0 Å². The van der Waals surface area contributed by atoms with Crippen LogP contribution in [0.5, 0.6) is 0 Å². The minimum atomic E-state index is -4.38. The zero-order valence-electron chi connectivity index (χ0n) is 9.42. The fraction of sp³-hybridized carbons (Fsp3) is 0.250. The number of alkyl halides is 3. The fourth-order valence-electron chi connectivity index (χ4n) is 1.19. The van der Waals surface area contributed by atoms with E-state index in [2.05, 4.69) is 20.7 Å².